The number of aryl methyl sites for hydroxylation is 2. The summed E-state index contributed by atoms with van der Waals surface area (Å²) in [5.41, 5.74) is 6.90. The minimum Gasteiger partial charge on any atom is -0.481 e. The molecule has 0 spiro atoms. The second kappa shape index (κ2) is 42.1. The number of carboxylic acid groups (broad SMARTS) is 2. The summed E-state index contributed by atoms with van der Waals surface area (Å²) in [6.07, 6.45) is 1.36. The number of aliphatic hydroxyl groups excluding tert-OH is 1. The Balaban J connectivity index is 1.52. The molecule has 35 nitrogen and oxygen atoms in total. The number of amides is 11. The summed E-state index contributed by atoms with van der Waals surface area (Å²) in [6.45, 7) is 12.5. The van der Waals surface area contributed by atoms with Gasteiger partial charge < -0.3 is 84.2 Å². The Hall–Kier alpha value is -9.78. The van der Waals surface area contributed by atoms with E-state index in [1.165, 1.54) is 31.1 Å². The third kappa shape index (κ3) is 28.4. The Morgan fingerprint density at radius 2 is 1.41 bits per heavy atom. The molecule has 6 rings (SSSR count). The van der Waals surface area contributed by atoms with Crippen molar-refractivity contribution in [2.45, 2.75) is 225 Å². The molecule has 1 aromatic carbocycles. The van der Waals surface area contributed by atoms with Crippen LogP contribution in [-0.2, 0) is 97.7 Å². The molecule has 0 saturated heterocycles. The summed E-state index contributed by atoms with van der Waals surface area (Å²) in [7, 11) is 1.78. The number of nitrogens with zero attached hydrogens (tertiary/aromatic N) is 4. The number of aliphatic hydroxyl groups is 1. The van der Waals surface area contributed by atoms with Crippen LogP contribution in [0.15, 0.2) is 49.2 Å². The van der Waals surface area contributed by atoms with Crippen molar-refractivity contribution in [1.82, 2.24) is 83.1 Å². The fraction of sp³-hybridized carbons (Fsp3) is 0.606. The first-order valence-electron chi connectivity index (χ1n) is 36.2. The number of primary amides is 1. The molecule has 2 aliphatic heterocycles. The largest absolute Gasteiger partial charge is 0.481 e. The number of imidazole rings is 1. The van der Waals surface area contributed by atoms with Crippen LogP contribution in [0.5, 0.6) is 0 Å². The Bertz CT molecular complexity index is 3820. The molecule has 13 atom stereocenters. The average Bonchev–Trinajstić information content (AvgIpc) is 1.69. The lowest BCUT2D eigenvalue weighted by Gasteiger charge is -2.28. The summed E-state index contributed by atoms with van der Waals surface area (Å²) in [4.78, 5) is 223. The van der Waals surface area contributed by atoms with Gasteiger partial charge in [-0.2, -0.15) is 0 Å². The summed E-state index contributed by atoms with van der Waals surface area (Å²) in [5, 5.41) is 65.9. The number of para-hydroxylation sites is 1. The van der Waals surface area contributed by atoms with E-state index in [4.69, 9.17) is 5.73 Å². The van der Waals surface area contributed by atoms with Crippen LogP contribution in [0.4, 0.5) is 0 Å². The summed E-state index contributed by atoms with van der Waals surface area (Å²) >= 11 is 0. The zero-order valence-electron chi connectivity index (χ0n) is 62.0. The van der Waals surface area contributed by atoms with Crippen LogP contribution in [0.2, 0.25) is 0 Å². The van der Waals surface area contributed by atoms with E-state index in [-0.39, 0.29) is 88.8 Å². The van der Waals surface area contributed by atoms with Gasteiger partial charge >= 0.3 is 11.9 Å². The predicted octanol–water partition coefficient (Wildman–Crippen LogP) is 0.234. The third-order valence-corrected chi connectivity index (χ3v) is 20.6. The van der Waals surface area contributed by atoms with Gasteiger partial charge in [-0.25, -0.2) is 4.98 Å². The Morgan fingerprint density at radius 3 is 2.07 bits per heavy atom. The van der Waals surface area contributed by atoms with Gasteiger partial charge in [-0.3, -0.25) is 76.6 Å². The molecule has 17 N–H and O–H groups in total. The van der Waals surface area contributed by atoms with Crippen molar-refractivity contribution < 1.29 is 87.2 Å². The topological polar surface area (TPSA) is 538 Å². The highest BCUT2D eigenvalue weighted by Gasteiger charge is 2.39. The SMILES string of the molecule is CCC[C@@H]1NC(=O)[C@H](CCC(=O)O)NC(=O)CNC(=O)[C@H](CC(C)C)NC(=O)[C@H](Cc2cnc[nH]2)CC(=O)[C@@H]2CCc3cn(nn3)CCCC[C@H](NC1=O)C(=O)N[C@@H](Cc1c[nH]c3ccccc13)C(=O)N[C@H](C(=O)N[C@H](C(N)=O)[C@@H](C)O)CSSC[C@H](NC(=O)[C@H](CC(=O)O)CC(C)(C)C)C(=O)C[C@@H](C)C(=O)N2. The van der Waals surface area contributed by atoms with Crippen LogP contribution in [0, 0.1) is 29.1 Å². The smallest absolute Gasteiger partial charge is 0.304 e. The normalized spacial score (nSPS) is 24.1. The number of ketones is 2. The number of carbonyl (C=O) groups excluding carboxylic acids is 13. The minimum atomic E-state index is -1.71. The van der Waals surface area contributed by atoms with E-state index in [9.17, 15) is 72.9 Å². The quantitative estimate of drug-likeness (QED) is 0.0527. The number of rotatable bonds is 20. The Labute approximate surface area is 632 Å². The van der Waals surface area contributed by atoms with E-state index in [0.29, 0.717) is 27.9 Å². The van der Waals surface area contributed by atoms with Gasteiger partial charge in [0, 0.05) is 97.2 Å². The van der Waals surface area contributed by atoms with Crippen molar-refractivity contribution in [3.05, 3.63) is 66.1 Å². The van der Waals surface area contributed by atoms with Crippen LogP contribution in [0.25, 0.3) is 10.9 Å². The molecule has 0 fully saturated rings. The molecule has 0 radical (unpaired) electrons. The monoisotopic (exact) mass is 1550 g/mol. The fourth-order valence-corrected chi connectivity index (χ4v) is 14.8. The number of benzene rings is 1. The molecular formula is C71H103N17O18S2. The van der Waals surface area contributed by atoms with Gasteiger partial charge in [-0.1, -0.05) is 99.9 Å². The van der Waals surface area contributed by atoms with Crippen molar-refractivity contribution in [3.8, 4) is 0 Å². The van der Waals surface area contributed by atoms with Gasteiger partial charge in [-0.15, -0.1) is 5.10 Å². The Kier molecular flexibility index (Phi) is 34.0. The highest BCUT2D eigenvalue weighted by atomic mass is 33.1. The second-order valence-corrected chi connectivity index (χ2v) is 31.7. The lowest BCUT2D eigenvalue weighted by molar-refractivity contribution is -0.142. The van der Waals surface area contributed by atoms with Crippen molar-refractivity contribution in [1.29, 1.82) is 0 Å². The van der Waals surface area contributed by atoms with Crippen LogP contribution in [0.1, 0.15) is 156 Å². The zero-order valence-corrected chi connectivity index (χ0v) is 63.6. The number of hydrogen-bond donors (Lipinski definition) is 16. The molecule has 11 amide bonds. The number of aliphatic carboxylic acids is 2. The molecule has 5 heterocycles. The van der Waals surface area contributed by atoms with Crippen LogP contribution in [-0.4, -0.2) is 212 Å². The standard InChI is InChI=1S/C71H103N17O18S2/c1-9-14-48-66(102)80-49-17-12-13-22-88-33-43(86-87-88)18-19-47(56(91)27-40(25-44-31-73-36-76-44)63(99)81-51(23-37(2)3)65(101)75-32-57(92)77-50(68(104)79-48)20-21-58(93)94)78-62(98)38(4)24-55(90)53(83-64(100)41(28-59(95)96)29-71(6,7)8)34-107-108-35-54(70(106)85-60(39(5)89)61(72)97)84-69(105)52(82-67(49)103)26-42-30-74-46-16-11-10-15-45(42)46/h10-11,15-16,30-31,33,36-41,47-54,60,74,89H,9,12-14,17-29,32,34-35H2,1-8H3,(H2,72,97)(H,73,76)(H,75,101)(H,77,92)(H,78,98)(H,79,104)(H,80,102)(H,81,99)(H,82,103)(H,83,100)(H,84,105)(H,85,106)(H,93,94)(H,95,96)/t38-,39-,40-,41-,47+,48+,49+,50+,51+,52+,53+,54+,60+/m1/s1. The van der Waals surface area contributed by atoms with Gasteiger partial charge in [0.1, 0.15) is 42.3 Å². The molecule has 0 saturated carbocycles. The van der Waals surface area contributed by atoms with E-state index in [1.807, 2.05) is 0 Å². The number of hydrogen-bond acceptors (Lipinski definition) is 21. The van der Waals surface area contributed by atoms with Gasteiger partial charge in [0.25, 0.3) is 0 Å². The van der Waals surface area contributed by atoms with E-state index in [0.717, 1.165) is 21.6 Å². The molecule has 4 bridgehead atoms. The molecule has 592 valence electrons. The molecule has 0 unspecified atom stereocenters. The maximum Gasteiger partial charge on any atom is 0.304 e. The number of nitrogens with two attached hydrogens (primary N) is 1. The number of H-pyrrole nitrogens is 2. The Morgan fingerprint density at radius 1 is 0.731 bits per heavy atom. The number of Topliss-reactive ketones (excluding diaryl/α,β-unsaturated/α-hetero) is 2. The average molecular weight is 1550 g/mol. The molecule has 3 aromatic heterocycles. The summed E-state index contributed by atoms with van der Waals surface area (Å²) in [6, 6.07) is -6.80. The second-order valence-electron chi connectivity index (χ2n) is 29.2. The van der Waals surface area contributed by atoms with Gasteiger partial charge in [0.05, 0.1) is 49.1 Å². The van der Waals surface area contributed by atoms with Crippen LogP contribution >= 0.6 is 21.6 Å². The van der Waals surface area contributed by atoms with Crippen molar-refractivity contribution in [2.75, 3.05) is 18.1 Å². The number of carbonyl (C=O) groups is 15. The number of fused-ring (bicyclic) bond motifs is 7. The number of carboxylic acids is 2. The number of nitrogens with one attached hydrogen (secondary N) is 12. The van der Waals surface area contributed by atoms with Gasteiger partial charge in [0.15, 0.2) is 11.6 Å². The molecular weight excluding hydrogens is 1440 g/mol. The summed E-state index contributed by atoms with van der Waals surface area (Å²) < 4.78 is 1.48. The number of aromatic amines is 2. The molecule has 2 aliphatic rings. The van der Waals surface area contributed by atoms with E-state index < -0.39 is 217 Å². The van der Waals surface area contributed by atoms with E-state index in [2.05, 4.69) is 78.4 Å². The van der Waals surface area contributed by atoms with E-state index in [1.54, 1.807) is 78.2 Å². The van der Waals surface area contributed by atoms with Crippen LogP contribution in [0.3, 0.4) is 0 Å². The fourth-order valence-electron chi connectivity index (χ4n) is 12.5. The first-order valence-corrected chi connectivity index (χ1v) is 38.7. The first kappa shape index (κ1) is 87.1. The lowest BCUT2D eigenvalue weighted by Crippen LogP contribution is -2.61. The highest BCUT2D eigenvalue weighted by molar-refractivity contribution is 8.76. The first-order chi connectivity index (χ1) is 51.1. The predicted molar refractivity (Wildman–Crippen MR) is 396 cm³/mol. The molecule has 4 aromatic rings. The molecule has 108 heavy (non-hydrogen) atoms. The molecule has 37 heteroatoms. The zero-order chi connectivity index (χ0) is 79.5. The minimum absolute atomic E-state index is 0.000531. The van der Waals surface area contributed by atoms with Crippen molar-refractivity contribution in [3.63, 3.8) is 0 Å². The highest BCUT2D eigenvalue weighted by Crippen LogP contribution is 2.29. The summed E-state index contributed by atoms with van der Waals surface area (Å²) in [5.74, 6) is -19.1. The lowest BCUT2D eigenvalue weighted by atomic mass is 9.82. The van der Waals surface area contributed by atoms with Gasteiger partial charge in [-0.05, 0) is 87.7 Å². The van der Waals surface area contributed by atoms with Gasteiger partial charge in [0.2, 0.25) is 65.0 Å². The maximum absolute atomic E-state index is 15.3. The van der Waals surface area contributed by atoms with Crippen molar-refractivity contribution >= 4 is 121 Å². The molecule has 0 aliphatic carbocycles. The third-order valence-electron chi connectivity index (χ3n) is 18.2. The number of aromatic nitrogens is 6. The van der Waals surface area contributed by atoms with E-state index >= 15 is 14.4 Å². The van der Waals surface area contributed by atoms with Crippen molar-refractivity contribution in [2.24, 2.45) is 34.8 Å². The maximum atomic E-state index is 15.3. The van der Waals surface area contributed by atoms with Crippen LogP contribution < -0.4 is 58.9 Å².